The fraction of sp³-hybridized carbons (Fsp3) is 0.0714. The van der Waals surface area contributed by atoms with E-state index in [1.165, 1.54) is 5.56 Å². The first-order valence-corrected chi connectivity index (χ1v) is 6.15. The number of aromatic nitrogens is 1. The lowest BCUT2D eigenvalue weighted by Gasteiger charge is -1.98. The van der Waals surface area contributed by atoms with Crippen molar-refractivity contribution in [2.45, 2.75) is 6.92 Å². The van der Waals surface area contributed by atoms with Crippen molar-refractivity contribution in [2.24, 2.45) is 0 Å². The molecule has 3 heteroatoms. The Bertz CT molecular complexity index is 670. The Hall–Kier alpha value is -1.61. The van der Waals surface area contributed by atoms with E-state index in [9.17, 15) is 0 Å². The number of halogens is 1. The highest BCUT2D eigenvalue weighted by atomic mass is 79.9. The maximum atomic E-state index is 5.32. The van der Waals surface area contributed by atoms with E-state index < -0.39 is 0 Å². The number of rotatable bonds is 1. The summed E-state index contributed by atoms with van der Waals surface area (Å²) in [5, 5.41) is 5.17. The first-order chi connectivity index (χ1) is 8.24. The standard InChI is InChI=1S/C14H10BrNO/c1-9-2-4-10(5-3-9)14-12-8-11(15)6-7-13(12)17-16-14/h2-8H,1H3. The summed E-state index contributed by atoms with van der Waals surface area (Å²) in [6.07, 6.45) is 0. The quantitative estimate of drug-likeness (QED) is 0.655. The van der Waals surface area contributed by atoms with Crippen LogP contribution in [0.15, 0.2) is 51.5 Å². The molecular weight excluding hydrogens is 278 g/mol. The number of hydrogen-bond donors (Lipinski definition) is 0. The molecule has 0 spiro atoms. The van der Waals surface area contributed by atoms with E-state index in [0.717, 1.165) is 26.7 Å². The first kappa shape index (κ1) is 10.5. The van der Waals surface area contributed by atoms with Crippen LogP contribution >= 0.6 is 15.9 Å². The van der Waals surface area contributed by atoms with Crippen molar-refractivity contribution in [2.75, 3.05) is 0 Å². The van der Waals surface area contributed by atoms with E-state index >= 15 is 0 Å². The monoisotopic (exact) mass is 287 g/mol. The Morgan fingerprint density at radius 1 is 1.06 bits per heavy atom. The second-order valence-electron chi connectivity index (χ2n) is 4.04. The highest BCUT2D eigenvalue weighted by Crippen LogP contribution is 2.30. The van der Waals surface area contributed by atoms with Gasteiger partial charge in [-0.3, -0.25) is 0 Å². The molecule has 0 aliphatic rings. The molecule has 3 aromatic rings. The van der Waals surface area contributed by atoms with Gasteiger partial charge in [0.15, 0.2) is 5.58 Å². The Balaban J connectivity index is 2.23. The lowest BCUT2D eigenvalue weighted by atomic mass is 10.1. The third kappa shape index (κ3) is 1.87. The number of aryl methyl sites for hydroxylation is 1. The van der Waals surface area contributed by atoms with Gasteiger partial charge in [-0.05, 0) is 25.1 Å². The molecule has 0 aliphatic carbocycles. The van der Waals surface area contributed by atoms with E-state index in [1.54, 1.807) is 0 Å². The number of benzene rings is 2. The van der Waals surface area contributed by atoms with Crippen LogP contribution in [0.5, 0.6) is 0 Å². The van der Waals surface area contributed by atoms with Crippen LogP contribution in [0.25, 0.3) is 22.2 Å². The van der Waals surface area contributed by atoms with Crippen LogP contribution in [-0.4, -0.2) is 5.16 Å². The number of hydrogen-bond acceptors (Lipinski definition) is 2. The molecule has 0 saturated carbocycles. The molecule has 0 N–H and O–H groups in total. The van der Waals surface area contributed by atoms with Crippen LogP contribution in [0.4, 0.5) is 0 Å². The van der Waals surface area contributed by atoms with Crippen LogP contribution in [0.3, 0.4) is 0 Å². The predicted octanol–water partition coefficient (Wildman–Crippen LogP) is 4.57. The van der Waals surface area contributed by atoms with Crippen molar-refractivity contribution >= 4 is 26.9 Å². The second-order valence-corrected chi connectivity index (χ2v) is 4.95. The molecule has 0 unspecified atom stereocenters. The van der Waals surface area contributed by atoms with Crippen LogP contribution in [-0.2, 0) is 0 Å². The zero-order chi connectivity index (χ0) is 11.8. The van der Waals surface area contributed by atoms with Crippen LogP contribution in [0, 0.1) is 6.92 Å². The molecule has 1 aromatic heterocycles. The smallest absolute Gasteiger partial charge is 0.167 e. The Labute approximate surface area is 107 Å². The topological polar surface area (TPSA) is 26.0 Å². The maximum Gasteiger partial charge on any atom is 0.167 e. The summed E-state index contributed by atoms with van der Waals surface area (Å²) >= 11 is 3.47. The molecule has 2 nitrogen and oxygen atoms in total. The van der Waals surface area contributed by atoms with Crippen molar-refractivity contribution in [3.63, 3.8) is 0 Å². The summed E-state index contributed by atoms with van der Waals surface area (Å²) in [5.74, 6) is 0. The van der Waals surface area contributed by atoms with Gasteiger partial charge in [-0.15, -0.1) is 0 Å². The fourth-order valence-electron chi connectivity index (χ4n) is 1.83. The Morgan fingerprint density at radius 2 is 1.82 bits per heavy atom. The van der Waals surface area contributed by atoms with Gasteiger partial charge in [-0.1, -0.05) is 50.9 Å². The van der Waals surface area contributed by atoms with E-state index in [4.69, 9.17) is 4.52 Å². The first-order valence-electron chi connectivity index (χ1n) is 5.36. The summed E-state index contributed by atoms with van der Waals surface area (Å²) in [5.41, 5.74) is 4.01. The maximum absolute atomic E-state index is 5.32. The highest BCUT2D eigenvalue weighted by Gasteiger charge is 2.10. The molecule has 0 fully saturated rings. The van der Waals surface area contributed by atoms with Gasteiger partial charge in [0, 0.05) is 10.0 Å². The molecular formula is C14H10BrNO. The van der Waals surface area contributed by atoms with Gasteiger partial charge in [-0.25, -0.2) is 0 Å². The highest BCUT2D eigenvalue weighted by molar-refractivity contribution is 9.10. The minimum absolute atomic E-state index is 0.809. The van der Waals surface area contributed by atoms with Crippen LogP contribution in [0.1, 0.15) is 5.56 Å². The minimum Gasteiger partial charge on any atom is -0.356 e. The summed E-state index contributed by atoms with van der Waals surface area (Å²) in [4.78, 5) is 0. The second kappa shape index (κ2) is 4.00. The summed E-state index contributed by atoms with van der Waals surface area (Å²) in [6, 6.07) is 14.2. The van der Waals surface area contributed by atoms with Gasteiger partial charge in [0.1, 0.15) is 5.69 Å². The Morgan fingerprint density at radius 3 is 2.59 bits per heavy atom. The lowest BCUT2D eigenvalue weighted by Crippen LogP contribution is -1.79. The van der Waals surface area contributed by atoms with Crippen molar-refractivity contribution in [3.05, 3.63) is 52.5 Å². The predicted molar refractivity (Wildman–Crippen MR) is 71.9 cm³/mol. The molecule has 0 radical (unpaired) electrons. The van der Waals surface area contributed by atoms with Gasteiger partial charge >= 0.3 is 0 Å². The van der Waals surface area contributed by atoms with Gasteiger partial charge < -0.3 is 4.52 Å². The largest absolute Gasteiger partial charge is 0.356 e. The van der Waals surface area contributed by atoms with E-state index in [1.807, 2.05) is 18.2 Å². The third-order valence-corrected chi connectivity index (χ3v) is 3.25. The summed E-state index contributed by atoms with van der Waals surface area (Å²) < 4.78 is 6.35. The summed E-state index contributed by atoms with van der Waals surface area (Å²) in [7, 11) is 0. The number of fused-ring (bicyclic) bond motifs is 1. The lowest BCUT2D eigenvalue weighted by molar-refractivity contribution is 0.459. The molecule has 3 rings (SSSR count). The summed E-state index contributed by atoms with van der Waals surface area (Å²) in [6.45, 7) is 2.07. The van der Waals surface area contributed by atoms with Gasteiger partial charge in [-0.2, -0.15) is 0 Å². The van der Waals surface area contributed by atoms with E-state index in [2.05, 4.69) is 52.3 Å². The normalized spacial score (nSPS) is 10.9. The fourth-order valence-corrected chi connectivity index (χ4v) is 2.19. The molecule has 0 saturated heterocycles. The third-order valence-electron chi connectivity index (χ3n) is 2.76. The van der Waals surface area contributed by atoms with E-state index in [-0.39, 0.29) is 0 Å². The van der Waals surface area contributed by atoms with E-state index in [0.29, 0.717) is 0 Å². The molecule has 17 heavy (non-hydrogen) atoms. The minimum atomic E-state index is 0.809. The number of nitrogens with zero attached hydrogens (tertiary/aromatic N) is 1. The molecule has 84 valence electrons. The zero-order valence-corrected chi connectivity index (χ0v) is 10.9. The van der Waals surface area contributed by atoms with Crippen molar-refractivity contribution in [1.29, 1.82) is 0 Å². The van der Waals surface area contributed by atoms with Gasteiger partial charge in [0.2, 0.25) is 0 Å². The van der Waals surface area contributed by atoms with Crippen molar-refractivity contribution in [3.8, 4) is 11.3 Å². The molecule has 0 bridgehead atoms. The van der Waals surface area contributed by atoms with Crippen LogP contribution < -0.4 is 0 Å². The average Bonchev–Trinajstić information content (AvgIpc) is 2.73. The molecule has 0 atom stereocenters. The molecule has 0 amide bonds. The van der Waals surface area contributed by atoms with Crippen LogP contribution in [0.2, 0.25) is 0 Å². The Kier molecular flexibility index (Phi) is 2.48. The van der Waals surface area contributed by atoms with Gasteiger partial charge in [0.05, 0.1) is 5.39 Å². The zero-order valence-electron chi connectivity index (χ0n) is 9.27. The molecule has 0 aliphatic heterocycles. The molecule has 2 aromatic carbocycles. The van der Waals surface area contributed by atoms with Crippen molar-refractivity contribution < 1.29 is 4.52 Å². The SMILES string of the molecule is Cc1ccc(-c2noc3ccc(Br)cc23)cc1. The molecule has 1 heterocycles. The van der Waals surface area contributed by atoms with Crippen molar-refractivity contribution in [1.82, 2.24) is 5.16 Å². The van der Waals surface area contributed by atoms with Gasteiger partial charge in [0.25, 0.3) is 0 Å². The average molecular weight is 288 g/mol.